The smallest absolute Gasteiger partial charge is 0.309 e. The normalized spacial score (nSPS) is 17.3. The predicted molar refractivity (Wildman–Crippen MR) is 94.3 cm³/mol. The van der Waals surface area contributed by atoms with Gasteiger partial charge in [-0.1, -0.05) is 0 Å². The number of tetrazole rings is 1. The van der Waals surface area contributed by atoms with E-state index in [1.54, 1.807) is 16.0 Å². The summed E-state index contributed by atoms with van der Waals surface area (Å²) in [7, 11) is 0. The molecule has 0 spiro atoms. The van der Waals surface area contributed by atoms with Crippen LogP contribution >= 0.6 is 11.3 Å². The van der Waals surface area contributed by atoms with Crippen molar-refractivity contribution in [1.82, 2.24) is 25.1 Å². The van der Waals surface area contributed by atoms with Crippen molar-refractivity contribution >= 4 is 23.2 Å². The van der Waals surface area contributed by atoms with Crippen LogP contribution in [0.25, 0.3) is 5.00 Å². The first-order chi connectivity index (χ1) is 12.7. The molecule has 2 aliphatic rings. The van der Waals surface area contributed by atoms with E-state index < -0.39 is 0 Å². The van der Waals surface area contributed by atoms with Crippen molar-refractivity contribution < 1.29 is 14.3 Å². The lowest BCUT2D eigenvalue weighted by Crippen LogP contribution is -2.41. The largest absolute Gasteiger partial charge is 0.466 e. The fourth-order valence-electron chi connectivity index (χ4n) is 3.76. The van der Waals surface area contributed by atoms with E-state index in [2.05, 4.69) is 15.5 Å². The highest BCUT2D eigenvalue weighted by Crippen LogP contribution is 2.38. The third-order valence-corrected chi connectivity index (χ3v) is 6.36. The molecule has 0 N–H and O–H groups in total. The molecule has 26 heavy (non-hydrogen) atoms. The molecule has 0 radical (unpaired) electrons. The van der Waals surface area contributed by atoms with Gasteiger partial charge in [0.2, 0.25) is 0 Å². The molecule has 2 aromatic heterocycles. The van der Waals surface area contributed by atoms with E-state index >= 15 is 0 Å². The van der Waals surface area contributed by atoms with Gasteiger partial charge in [0, 0.05) is 18.0 Å². The van der Waals surface area contributed by atoms with Gasteiger partial charge >= 0.3 is 5.97 Å². The summed E-state index contributed by atoms with van der Waals surface area (Å²) in [5.74, 6) is -0.228. The van der Waals surface area contributed by atoms with Crippen molar-refractivity contribution in [3.8, 4) is 5.00 Å². The molecular weight excluding hydrogens is 354 g/mol. The molecule has 9 heteroatoms. The van der Waals surface area contributed by atoms with Crippen LogP contribution in [0.5, 0.6) is 0 Å². The Kier molecular flexibility index (Phi) is 4.71. The van der Waals surface area contributed by atoms with Crippen molar-refractivity contribution in [3.05, 3.63) is 22.3 Å². The average molecular weight is 375 g/mol. The Morgan fingerprint density at radius 1 is 1.31 bits per heavy atom. The number of ether oxygens (including phenoxy) is 1. The Hall–Kier alpha value is -2.29. The molecule has 1 aliphatic carbocycles. The topological polar surface area (TPSA) is 90.2 Å². The van der Waals surface area contributed by atoms with E-state index in [-0.39, 0.29) is 17.8 Å². The van der Waals surface area contributed by atoms with Gasteiger partial charge < -0.3 is 9.64 Å². The van der Waals surface area contributed by atoms with E-state index in [0.717, 1.165) is 35.4 Å². The Morgan fingerprint density at radius 2 is 2.12 bits per heavy atom. The minimum Gasteiger partial charge on any atom is -0.466 e. The number of aromatic nitrogens is 4. The van der Waals surface area contributed by atoms with Gasteiger partial charge in [-0.15, -0.1) is 16.4 Å². The van der Waals surface area contributed by atoms with Crippen molar-refractivity contribution in [2.75, 3.05) is 19.7 Å². The Bertz CT molecular complexity index is 809. The van der Waals surface area contributed by atoms with Crippen LogP contribution in [0.1, 0.15) is 47.0 Å². The first-order valence-corrected chi connectivity index (χ1v) is 9.84. The van der Waals surface area contributed by atoms with Gasteiger partial charge in [0.25, 0.3) is 5.91 Å². The van der Waals surface area contributed by atoms with Crippen LogP contribution in [0, 0.1) is 5.92 Å². The number of esters is 1. The van der Waals surface area contributed by atoms with Crippen LogP contribution in [0.4, 0.5) is 0 Å². The number of likely N-dealkylation sites (tertiary alicyclic amines) is 1. The lowest BCUT2D eigenvalue weighted by atomic mass is 9.96. The molecule has 1 aliphatic heterocycles. The van der Waals surface area contributed by atoms with Crippen molar-refractivity contribution in [3.63, 3.8) is 0 Å². The second kappa shape index (κ2) is 7.14. The molecule has 2 aromatic rings. The molecule has 0 bridgehead atoms. The summed E-state index contributed by atoms with van der Waals surface area (Å²) in [6.07, 6.45) is 5.85. The van der Waals surface area contributed by atoms with E-state index in [9.17, 15) is 9.59 Å². The number of amides is 1. The molecule has 138 valence electrons. The quantitative estimate of drug-likeness (QED) is 0.755. The lowest BCUT2D eigenvalue weighted by Gasteiger charge is -2.31. The maximum Gasteiger partial charge on any atom is 0.309 e. The minimum absolute atomic E-state index is 0.0252. The number of carbonyl (C=O) groups is 2. The molecule has 4 rings (SSSR count). The number of nitrogens with zero attached hydrogens (tertiary/aromatic N) is 5. The van der Waals surface area contributed by atoms with Gasteiger partial charge in [0.15, 0.2) is 0 Å². The van der Waals surface area contributed by atoms with Crippen molar-refractivity contribution in [1.29, 1.82) is 0 Å². The number of hydrogen-bond donors (Lipinski definition) is 0. The number of aryl methyl sites for hydroxylation is 1. The van der Waals surface area contributed by atoms with Crippen LogP contribution in [0.15, 0.2) is 6.33 Å². The van der Waals surface area contributed by atoms with Crippen LogP contribution in [-0.4, -0.2) is 56.7 Å². The molecule has 0 saturated carbocycles. The second-order valence-electron chi connectivity index (χ2n) is 6.61. The zero-order valence-electron chi connectivity index (χ0n) is 14.7. The first-order valence-electron chi connectivity index (χ1n) is 9.02. The number of thiophene rings is 1. The number of hydrogen-bond acceptors (Lipinski definition) is 7. The van der Waals surface area contributed by atoms with Gasteiger partial charge in [0.1, 0.15) is 11.3 Å². The van der Waals surface area contributed by atoms with Gasteiger partial charge in [-0.05, 0) is 55.0 Å². The van der Waals surface area contributed by atoms with Crippen LogP contribution in [-0.2, 0) is 22.4 Å². The Balaban J connectivity index is 1.55. The summed E-state index contributed by atoms with van der Waals surface area (Å²) in [5.41, 5.74) is 1.89. The molecule has 8 nitrogen and oxygen atoms in total. The van der Waals surface area contributed by atoms with Crippen molar-refractivity contribution in [2.45, 2.75) is 39.0 Å². The highest BCUT2D eigenvalue weighted by Gasteiger charge is 2.34. The predicted octanol–water partition coefficient (Wildman–Crippen LogP) is 1.63. The summed E-state index contributed by atoms with van der Waals surface area (Å²) < 4.78 is 6.70. The molecule has 1 saturated heterocycles. The monoisotopic (exact) mass is 375 g/mol. The lowest BCUT2D eigenvalue weighted by molar-refractivity contribution is -0.149. The second-order valence-corrected chi connectivity index (χ2v) is 7.69. The summed E-state index contributed by atoms with van der Waals surface area (Å²) in [6.45, 7) is 3.35. The molecule has 1 fully saturated rings. The summed E-state index contributed by atoms with van der Waals surface area (Å²) in [5, 5.41) is 12.2. The molecular formula is C17H21N5O3S. The van der Waals surface area contributed by atoms with Gasteiger partial charge in [-0.2, -0.15) is 4.68 Å². The highest BCUT2D eigenvalue weighted by molar-refractivity contribution is 7.15. The van der Waals surface area contributed by atoms with E-state index in [1.807, 2.05) is 11.8 Å². The molecule has 0 unspecified atom stereocenters. The highest BCUT2D eigenvalue weighted by atomic mass is 32.1. The zero-order chi connectivity index (χ0) is 18.1. The maximum absolute atomic E-state index is 13.3. The van der Waals surface area contributed by atoms with Crippen molar-refractivity contribution in [2.24, 2.45) is 5.92 Å². The van der Waals surface area contributed by atoms with Gasteiger partial charge in [0.05, 0.1) is 18.1 Å². The molecule has 3 heterocycles. The van der Waals surface area contributed by atoms with Gasteiger partial charge in [-0.25, -0.2) is 0 Å². The van der Waals surface area contributed by atoms with Crippen LogP contribution in [0.3, 0.4) is 0 Å². The van der Waals surface area contributed by atoms with E-state index in [4.69, 9.17) is 4.74 Å². The third-order valence-electron chi connectivity index (χ3n) is 5.08. The Labute approximate surface area is 155 Å². The molecule has 1 amide bonds. The summed E-state index contributed by atoms with van der Waals surface area (Å²) in [4.78, 5) is 28.3. The standard InChI is InChI=1S/C17H21N5O3S/c1-2-25-17(24)11-6-8-21(9-7-11)15(23)14-12-4-3-5-13(12)26-16(14)22-10-18-19-20-22/h10-11H,2-9H2,1H3. The molecule has 0 aromatic carbocycles. The van der Waals surface area contributed by atoms with E-state index in [1.165, 1.54) is 11.2 Å². The molecule has 0 atom stereocenters. The average Bonchev–Trinajstić information content (AvgIpc) is 3.37. The summed E-state index contributed by atoms with van der Waals surface area (Å²) in [6, 6.07) is 0. The van der Waals surface area contributed by atoms with Gasteiger partial charge in [-0.3, -0.25) is 9.59 Å². The SMILES string of the molecule is CCOC(=O)C1CCN(C(=O)c2c(-n3cnnn3)sc3c2CCC3)CC1. The zero-order valence-corrected chi connectivity index (χ0v) is 15.5. The minimum atomic E-state index is -0.148. The maximum atomic E-state index is 13.3. The van der Waals surface area contributed by atoms with Crippen LogP contribution in [0.2, 0.25) is 0 Å². The number of fused-ring (bicyclic) bond motifs is 1. The van der Waals surface area contributed by atoms with Crippen LogP contribution < -0.4 is 0 Å². The van der Waals surface area contributed by atoms with E-state index in [0.29, 0.717) is 32.5 Å². The Morgan fingerprint density at radius 3 is 2.81 bits per heavy atom. The fourth-order valence-corrected chi connectivity index (χ4v) is 5.06. The fraction of sp³-hybridized carbons (Fsp3) is 0.588. The number of piperidine rings is 1. The third kappa shape index (κ3) is 3.00. The summed E-state index contributed by atoms with van der Waals surface area (Å²) >= 11 is 1.61. The first kappa shape index (κ1) is 17.1. The number of carbonyl (C=O) groups excluding carboxylic acids is 2. The number of rotatable bonds is 4.